The van der Waals surface area contributed by atoms with Gasteiger partial charge >= 0.3 is 0 Å². The molecule has 106 valence electrons. The van der Waals surface area contributed by atoms with E-state index in [0.717, 1.165) is 23.2 Å². The molecule has 1 unspecified atom stereocenters. The van der Waals surface area contributed by atoms with E-state index in [0.29, 0.717) is 5.02 Å². The first-order valence-electron chi connectivity index (χ1n) is 6.78. The van der Waals surface area contributed by atoms with Crippen LogP contribution in [0.3, 0.4) is 0 Å². The van der Waals surface area contributed by atoms with E-state index in [4.69, 9.17) is 11.6 Å². The van der Waals surface area contributed by atoms with E-state index in [1.807, 2.05) is 31.2 Å². The molecular formula is C17H19ClFN. The van der Waals surface area contributed by atoms with Crippen LogP contribution in [0, 0.1) is 19.7 Å². The molecule has 0 saturated heterocycles. The third-order valence-electron chi connectivity index (χ3n) is 3.50. The van der Waals surface area contributed by atoms with Gasteiger partial charge in [-0.25, -0.2) is 4.39 Å². The van der Waals surface area contributed by atoms with Gasteiger partial charge in [-0.15, -0.1) is 0 Å². The molecule has 0 aliphatic carbocycles. The minimum Gasteiger partial charge on any atom is -0.307 e. The summed E-state index contributed by atoms with van der Waals surface area (Å²) in [6, 6.07) is 10.8. The van der Waals surface area contributed by atoms with Crippen molar-refractivity contribution in [3.05, 3.63) is 69.5 Å². The van der Waals surface area contributed by atoms with E-state index in [2.05, 4.69) is 19.2 Å². The first-order valence-corrected chi connectivity index (χ1v) is 7.16. The van der Waals surface area contributed by atoms with Crippen molar-refractivity contribution in [1.82, 2.24) is 5.32 Å². The Morgan fingerprint density at radius 1 is 1.05 bits per heavy atom. The van der Waals surface area contributed by atoms with Crippen molar-refractivity contribution in [2.45, 2.75) is 26.8 Å². The Morgan fingerprint density at radius 3 is 2.45 bits per heavy atom. The summed E-state index contributed by atoms with van der Waals surface area (Å²) >= 11 is 6.13. The summed E-state index contributed by atoms with van der Waals surface area (Å²) in [5.74, 6) is -0.204. The van der Waals surface area contributed by atoms with Crippen LogP contribution >= 0.6 is 11.6 Å². The highest BCUT2D eigenvalue weighted by molar-refractivity contribution is 6.30. The highest BCUT2D eigenvalue weighted by atomic mass is 35.5. The lowest BCUT2D eigenvalue weighted by atomic mass is 9.92. The molecular weight excluding hydrogens is 273 g/mol. The van der Waals surface area contributed by atoms with E-state index < -0.39 is 0 Å². The largest absolute Gasteiger partial charge is 0.307 e. The van der Waals surface area contributed by atoms with Crippen molar-refractivity contribution in [3.8, 4) is 0 Å². The van der Waals surface area contributed by atoms with Gasteiger partial charge in [-0.1, -0.05) is 30.7 Å². The molecule has 0 radical (unpaired) electrons. The van der Waals surface area contributed by atoms with E-state index >= 15 is 0 Å². The molecule has 1 N–H and O–H groups in total. The molecule has 2 rings (SSSR count). The van der Waals surface area contributed by atoms with Crippen LogP contribution in [0.5, 0.6) is 0 Å². The molecule has 2 aromatic carbocycles. The summed E-state index contributed by atoms with van der Waals surface area (Å²) in [4.78, 5) is 0. The molecule has 0 aromatic heterocycles. The fourth-order valence-corrected chi connectivity index (χ4v) is 2.66. The topological polar surface area (TPSA) is 12.0 Å². The van der Waals surface area contributed by atoms with Gasteiger partial charge in [0.15, 0.2) is 0 Å². The summed E-state index contributed by atoms with van der Waals surface area (Å²) in [7, 11) is 0. The Morgan fingerprint density at radius 2 is 1.80 bits per heavy atom. The highest BCUT2D eigenvalue weighted by Gasteiger charge is 2.17. The Kier molecular flexibility index (Phi) is 4.79. The van der Waals surface area contributed by atoms with E-state index in [9.17, 15) is 4.39 Å². The second-order valence-corrected chi connectivity index (χ2v) is 5.43. The van der Waals surface area contributed by atoms with Gasteiger partial charge < -0.3 is 5.32 Å². The van der Waals surface area contributed by atoms with Gasteiger partial charge in [0.05, 0.1) is 6.04 Å². The summed E-state index contributed by atoms with van der Waals surface area (Å²) in [5, 5.41) is 4.18. The monoisotopic (exact) mass is 291 g/mol. The lowest BCUT2D eigenvalue weighted by Crippen LogP contribution is -2.23. The lowest BCUT2D eigenvalue weighted by molar-refractivity contribution is 0.608. The van der Waals surface area contributed by atoms with Crippen molar-refractivity contribution in [1.29, 1.82) is 0 Å². The normalized spacial score (nSPS) is 12.4. The minimum atomic E-state index is -0.204. The first kappa shape index (κ1) is 15.0. The van der Waals surface area contributed by atoms with Crippen molar-refractivity contribution >= 4 is 11.6 Å². The molecule has 0 fully saturated rings. The predicted octanol–water partition coefficient (Wildman–Crippen LogP) is 4.79. The van der Waals surface area contributed by atoms with Crippen LogP contribution < -0.4 is 5.32 Å². The molecule has 0 aliphatic heterocycles. The standard InChI is InChI=1S/C17H19ClFN/c1-4-20-17(15-8-7-14(19)9-12(15)3)16-10-13(18)6-5-11(16)2/h5-10,17,20H,4H2,1-3H3. The minimum absolute atomic E-state index is 0.0271. The number of aryl methyl sites for hydroxylation is 2. The van der Waals surface area contributed by atoms with E-state index in [-0.39, 0.29) is 11.9 Å². The van der Waals surface area contributed by atoms with Crippen LogP contribution in [0.2, 0.25) is 5.02 Å². The molecule has 0 heterocycles. The van der Waals surface area contributed by atoms with Crippen molar-refractivity contribution in [2.24, 2.45) is 0 Å². The zero-order valence-corrected chi connectivity index (χ0v) is 12.8. The maximum absolute atomic E-state index is 13.3. The number of hydrogen-bond acceptors (Lipinski definition) is 1. The summed E-state index contributed by atoms with van der Waals surface area (Å²) < 4.78 is 13.3. The Labute approximate surface area is 124 Å². The molecule has 0 amide bonds. The molecule has 3 heteroatoms. The van der Waals surface area contributed by atoms with E-state index in [1.165, 1.54) is 11.6 Å². The van der Waals surface area contributed by atoms with Gasteiger partial charge in [0.2, 0.25) is 0 Å². The Balaban J connectivity index is 2.53. The number of benzene rings is 2. The molecule has 20 heavy (non-hydrogen) atoms. The number of halogens is 2. The number of rotatable bonds is 4. The molecule has 0 aliphatic rings. The van der Waals surface area contributed by atoms with Crippen molar-refractivity contribution < 1.29 is 4.39 Å². The molecule has 0 bridgehead atoms. The van der Waals surface area contributed by atoms with Gasteiger partial charge in [0.25, 0.3) is 0 Å². The average Bonchev–Trinajstić information content (AvgIpc) is 2.40. The maximum Gasteiger partial charge on any atom is 0.123 e. The zero-order valence-electron chi connectivity index (χ0n) is 12.0. The second kappa shape index (κ2) is 6.38. The predicted molar refractivity (Wildman–Crippen MR) is 82.8 cm³/mol. The molecule has 1 nitrogen and oxygen atoms in total. The maximum atomic E-state index is 13.3. The molecule has 1 atom stereocenters. The SMILES string of the molecule is CCNC(c1ccc(F)cc1C)c1cc(Cl)ccc1C. The molecule has 0 saturated carbocycles. The lowest BCUT2D eigenvalue weighted by Gasteiger charge is -2.23. The summed E-state index contributed by atoms with van der Waals surface area (Å²) in [6.07, 6.45) is 0. The van der Waals surface area contributed by atoms with Gasteiger partial charge in [0.1, 0.15) is 5.82 Å². The van der Waals surface area contributed by atoms with Crippen LogP contribution in [0.15, 0.2) is 36.4 Å². The Hall–Kier alpha value is -1.38. The third-order valence-corrected chi connectivity index (χ3v) is 3.74. The van der Waals surface area contributed by atoms with Gasteiger partial charge in [-0.2, -0.15) is 0 Å². The van der Waals surface area contributed by atoms with Crippen LogP contribution in [0.4, 0.5) is 4.39 Å². The van der Waals surface area contributed by atoms with Crippen molar-refractivity contribution in [3.63, 3.8) is 0 Å². The fraction of sp³-hybridized carbons (Fsp3) is 0.294. The van der Waals surface area contributed by atoms with Gasteiger partial charge in [-0.3, -0.25) is 0 Å². The average molecular weight is 292 g/mol. The molecule has 0 spiro atoms. The highest BCUT2D eigenvalue weighted by Crippen LogP contribution is 2.29. The van der Waals surface area contributed by atoms with Crippen LogP contribution in [-0.4, -0.2) is 6.54 Å². The number of hydrogen-bond donors (Lipinski definition) is 1. The fourth-order valence-electron chi connectivity index (χ4n) is 2.48. The quantitative estimate of drug-likeness (QED) is 0.853. The van der Waals surface area contributed by atoms with E-state index in [1.54, 1.807) is 6.07 Å². The third kappa shape index (κ3) is 3.20. The van der Waals surface area contributed by atoms with Crippen LogP contribution in [-0.2, 0) is 0 Å². The summed E-state index contributed by atoms with van der Waals surface area (Å²) in [5.41, 5.74) is 4.33. The first-order chi connectivity index (χ1) is 9.52. The summed E-state index contributed by atoms with van der Waals surface area (Å²) in [6.45, 7) is 6.89. The van der Waals surface area contributed by atoms with Crippen LogP contribution in [0.1, 0.15) is 35.2 Å². The van der Waals surface area contributed by atoms with Gasteiger partial charge in [-0.05, 0) is 66.9 Å². The second-order valence-electron chi connectivity index (χ2n) is 4.99. The smallest absolute Gasteiger partial charge is 0.123 e. The molecule has 2 aromatic rings. The zero-order chi connectivity index (χ0) is 14.7. The Bertz CT molecular complexity index is 610. The number of nitrogens with one attached hydrogen (secondary N) is 1. The van der Waals surface area contributed by atoms with Crippen molar-refractivity contribution in [2.75, 3.05) is 6.54 Å². The van der Waals surface area contributed by atoms with Crippen LogP contribution in [0.25, 0.3) is 0 Å². The van der Waals surface area contributed by atoms with Gasteiger partial charge in [0, 0.05) is 5.02 Å².